The third-order valence-electron chi connectivity index (χ3n) is 8.67. The quantitative estimate of drug-likeness (QED) is 0.341. The second-order valence-corrected chi connectivity index (χ2v) is 9.37. The van der Waals surface area contributed by atoms with Crippen molar-refractivity contribution < 1.29 is 14.3 Å². The summed E-state index contributed by atoms with van der Waals surface area (Å²) in [6.45, 7) is 4.46. The summed E-state index contributed by atoms with van der Waals surface area (Å²) >= 11 is 0. The highest BCUT2D eigenvalue weighted by molar-refractivity contribution is 5.77. The molecule has 3 heteroatoms. The van der Waals surface area contributed by atoms with Gasteiger partial charge >= 0.3 is 5.97 Å². The van der Waals surface area contributed by atoms with Gasteiger partial charge in [0.1, 0.15) is 5.75 Å². The van der Waals surface area contributed by atoms with E-state index in [4.69, 9.17) is 9.47 Å². The molecule has 0 aromatic heterocycles. The molecule has 1 aliphatic heterocycles. The smallest absolute Gasteiger partial charge is 0.314 e. The van der Waals surface area contributed by atoms with Gasteiger partial charge in [-0.2, -0.15) is 0 Å². The SMILES string of the molecule is CCC(CC)c1ccc(OC(=O)C2CC3C2C2C4CC(C5OC45)C32)cc1. The minimum absolute atomic E-state index is 0.0102. The molecule has 3 nitrogen and oxygen atoms in total. The van der Waals surface area contributed by atoms with E-state index < -0.39 is 0 Å². The van der Waals surface area contributed by atoms with Gasteiger partial charge in [-0.3, -0.25) is 4.79 Å². The zero-order chi connectivity index (χ0) is 17.6. The Morgan fingerprint density at radius 1 is 1.00 bits per heavy atom. The van der Waals surface area contributed by atoms with Gasteiger partial charge < -0.3 is 9.47 Å². The van der Waals surface area contributed by atoms with E-state index in [0.29, 0.717) is 29.8 Å². The van der Waals surface area contributed by atoms with Gasteiger partial charge in [0, 0.05) is 0 Å². The standard InChI is InChI=1S/C23H28O3/c1-3-11(4-2)12-5-7-13(8-6-12)25-23(24)17-9-14-18-15-10-16(20(18)19(14)17)22-21(15)26-22/h5-8,11,14-22H,3-4,9-10H2,1-2H3. The summed E-state index contributed by atoms with van der Waals surface area (Å²) in [5.41, 5.74) is 1.35. The van der Waals surface area contributed by atoms with E-state index in [1.54, 1.807) is 0 Å². The zero-order valence-electron chi connectivity index (χ0n) is 15.6. The molecule has 1 heterocycles. The number of benzene rings is 1. The van der Waals surface area contributed by atoms with Gasteiger partial charge in [0.25, 0.3) is 0 Å². The fourth-order valence-electron chi connectivity index (χ4n) is 7.42. The Balaban J connectivity index is 1.11. The lowest BCUT2D eigenvalue weighted by Gasteiger charge is -2.63. The Kier molecular flexibility index (Phi) is 3.22. The van der Waals surface area contributed by atoms with Crippen molar-refractivity contribution >= 4 is 5.97 Å². The average molecular weight is 352 g/mol. The van der Waals surface area contributed by atoms with Crippen LogP contribution >= 0.6 is 0 Å². The average Bonchev–Trinajstić information content (AvgIpc) is 3.27. The van der Waals surface area contributed by atoms with E-state index in [2.05, 4.69) is 26.0 Å². The Bertz CT molecular complexity index is 736. The van der Waals surface area contributed by atoms with Gasteiger partial charge in [-0.1, -0.05) is 26.0 Å². The molecule has 1 aromatic rings. The van der Waals surface area contributed by atoms with Crippen molar-refractivity contribution in [2.45, 2.75) is 57.7 Å². The summed E-state index contributed by atoms with van der Waals surface area (Å²) in [6.07, 6.45) is 5.88. The maximum absolute atomic E-state index is 12.7. The first-order valence-electron chi connectivity index (χ1n) is 10.7. The second kappa shape index (κ2) is 5.34. The topological polar surface area (TPSA) is 38.8 Å². The maximum Gasteiger partial charge on any atom is 0.314 e. The van der Waals surface area contributed by atoms with Crippen molar-refractivity contribution in [2.75, 3.05) is 0 Å². The van der Waals surface area contributed by atoms with Crippen molar-refractivity contribution in [2.24, 2.45) is 41.4 Å². The van der Waals surface area contributed by atoms with Crippen LogP contribution in [0.25, 0.3) is 0 Å². The molecule has 5 fully saturated rings. The van der Waals surface area contributed by atoms with Crippen LogP contribution in [-0.2, 0) is 9.53 Å². The molecule has 5 aliphatic rings. The van der Waals surface area contributed by atoms with Crippen molar-refractivity contribution in [3.05, 3.63) is 29.8 Å². The first kappa shape index (κ1) is 15.7. The third kappa shape index (κ3) is 1.91. The molecule has 0 amide bonds. The zero-order valence-corrected chi connectivity index (χ0v) is 15.6. The Morgan fingerprint density at radius 3 is 2.38 bits per heavy atom. The third-order valence-corrected chi connectivity index (χ3v) is 8.67. The fraction of sp³-hybridized carbons (Fsp3) is 0.696. The minimum atomic E-state index is 0.0102. The minimum Gasteiger partial charge on any atom is -0.426 e. The van der Waals surface area contributed by atoms with Crippen LogP contribution in [0.5, 0.6) is 5.75 Å². The van der Waals surface area contributed by atoms with Crippen LogP contribution in [0.1, 0.15) is 51.0 Å². The van der Waals surface area contributed by atoms with Crippen molar-refractivity contribution in [1.82, 2.24) is 0 Å². The number of hydrogen-bond acceptors (Lipinski definition) is 3. The number of epoxide rings is 1. The molecule has 2 bridgehead atoms. The molecule has 1 saturated heterocycles. The Hall–Kier alpha value is -1.35. The summed E-state index contributed by atoms with van der Waals surface area (Å²) in [5.74, 6) is 6.05. The van der Waals surface area contributed by atoms with Crippen LogP contribution in [0, 0.1) is 41.4 Å². The fourth-order valence-corrected chi connectivity index (χ4v) is 7.42. The molecule has 4 saturated carbocycles. The number of hydrogen-bond donors (Lipinski definition) is 0. The number of rotatable bonds is 5. The molecular weight excluding hydrogens is 324 g/mol. The van der Waals surface area contributed by atoms with Gasteiger partial charge in [0.05, 0.1) is 18.1 Å². The molecule has 9 atom stereocenters. The molecular formula is C23H28O3. The van der Waals surface area contributed by atoms with Crippen molar-refractivity contribution in [3.8, 4) is 5.75 Å². The monoisotopic (exact) mass is 352 g/mol. The highest BCUT2D eigenvalue weighted by Crippen LogP contribution is 2.77. The normalized spacial score (nSPS) is 46.0. The molecule has 26 heavy (non-hydrogen) atoms. The largest absolute Gasteiger partial charge is 0.426 e. The Labute approximate surface area is 155 Å². The van der Waals surface area contributed by atoms with Crippen LogP contribution < -0.4 is 4.74 Å². The summed E-state index contributed by atoms with van der Waals surface area (Å²) in [4.78, 5) is 12.7. The summed E-state index contributed by atoms with van der Waals surface area (Å²) in [5, 5.41) is 0. The van der Waals surface area contributed by atoms with Crippen LogP contribution in [0.4, 0.5) is 0 Å². The molecule has 1 aromatic carbocycles. The molecule has 138 valence electrons. The van der Waals surface area contributed by atoms with Crippen LogP contribution in [0.3, 0.4) is 0 Å². The van der Waals surface area contributed by atoms with E-state index in [9.17, 15) is 4.79 Å². The number of carbonyl (C=O) groups is 1. The second-order valence-electron chi connectivity index (χ2n) is 9.37. The molecule has 6 rings (SSSR count). The summed E-state index contributed by atoms with van der Waals surface area (Å²) in [7, 11) is 0. The lowest BCUT2D eigenvalue weighted by molar-refractivity contribution is -0.190. The maximum atomic E-state index is 12.7. The van der Waals surface area contributed by atoms with Crippen LogP contribution in [0.2, 0.25) is 0 Å². The van der Waals surface area contributed by atoms with Crippen LogP contribution in [0.15, 0.2) is 24.3 Å². The number of fused-ring (bicyclic) bond motifs is 11. The van der Waals surface area contributed by atoms with E-state index in [0.717, 1.165) is 48.9 Å². The first-order chi connectivity index (χ1) is 12.7. The molecule has 4 aliphatic carbocycles. The molecule has 9 unspecified atom stereocenters. The predicted molar refractivity (Wildman–Crippen MR) is 97.7 cm³/mol. The molecule has 0 radical (unpaired) electrons. The molecule has 0 spiro atoms. The van der Waals surface area contributed by atoms with E-state index in [1.165, 1.54) is 12.0 Å². The van der Waals surface area contributed by atoms with E-state index in [-0.39, 0.29) is 11.9 Å². The first-order valence-corrected chi connectivity index (χ1v) is 10.7. The lowest BCUT2D eigenvalue weighted by Crippen LogP contribution is -2.63. The summed E-state index contributed by atoms with van der Waals surface area (Å²) in [6, 6.07) is 8.21. The van der Waals surface area contributed by atoms with Gasteiger partial charge in [0.15, 0.2) is 0 Å². The van der Waals surface area contributed by atoms with Crippen LogP contribution in [-0.4, -0.2) is 18.2 Å². The van der Waals surface area contributed by atoms with Crippen molar-refractivity contribution in [1.29, 1.82) is 0 Å². The van der Waals surface area contributed by atoms with E-state index >= 15 is 0 Å². The van der Waals surface area contributed by atoms with E-state index in [1.807, 2.05) is 12.1 Å². The number of esters is 1. The number of ether oxygens (including phenoxy) is 2. The van der Waals surface area contributed by atoms with Gasteiger partial charge in [-0.25, -0.2) is 0 Å². The lowest BCUT2D eigenvalue weighted by atomic mass is 9.40. The number of carbonyl (C=O) groups excluding carboxylic acids is 1. The molecule has 0 N–H and O–H groups in total. The van der Waals surface area contributed by atoms with Gasteiger partial charge in [-0.15, -0.1) is 0 Å². The van der Waals surface area contributed by atoms with Gasteiger partial charge in [0.2, 0.25) is 0 Å². The highest BCUT2D eigenvalue weighted by atomic mass is 16.6. The highest BCUT2D eigenvalue weighted by Gasteiger charge is 2.78. The Morgan fingerprint density at radius 2 is 1.69 bits per heavy atom. The van der Waals surface area contributed by atoms with Gasteiger partial charge in [-0.05, 0) is 84.8 Å². The van der Waals surface area contributed by atoms with Crippen molar-refractivity contribution in [3.63, 3.8) is 0 Å². The summed E-state index contributed by atoms with van der Waals surface area (Å²) < 4.78 is 11.6. The predicted octanol–water partition coefficient (Wildman–Crippen LogP) is 4.41.